The van der Waals surface area contributed by atoms with E-state index in [1.165, 1.54) is 0 Å². The van der Waals surface area contributed by atoms with E-state index in [1.807, 2.05) is 25.1 Å². The fourth-order valence-electron chi connectivity index (χ4n) is 2.22. The highest BCUT2D eigenvalue weighted by atomic mass is 35.5. The lowest BCUT2D eigenvalue weighted by Gasteiger charge is -2.06. The van der Waals surface area contributed by atoms with Gasteiger partial charge in [-0.2, -0.15) is 0 Å². The molecule has 0 aliphatic heterocycles. The molecule has 3 nitrogen and oxygen atoms in total. The van der Waals surface area contributed by atoms with Crippen molar-refractivity contribution in [3.63, 3.8) is 0 Å². The van der Waals surface area contributed by atoms with E-state index in [0.29, 0.717) is 17.4 Å². The fraction of sp³-hybridized carbons (Fsp3) is 0.286. The lowest BCUT2D eigenvalue weighted by molar-refractivity contribution is 0.748. The monoisotopic (exact) mass is 325 g/mol. The number of rotatable bonds is 4. The largest absolute Gasteiger partial charge is 0.321 e. The molecular formula is C14H13Cl2N3S. The van der Waals surface area contributed by atoms with Gasteiger partial charge in [0.05, 0.1) is 17.1 Å². The third kappa shape index (κ3) is 2.55. The van der Waals surface area contributed by atoms with Crippen molar-refractivity contribution < 1.29 is 0 Å². The minimum Gasteiger partial charge on any atom is -0.321 e. The average Bonchev–Trinajstić information content (AvgIpc) is 2.97. The summed E-state index contributed by atoms with van der Waals surface area (Å²) in [6.07, 6.45) is 0.719. The zero-order chi connectivity index (χ0) is 14.1. The van der Waals surface area contributed by atoms with Crippen LogP contribution >= 0.6 is 34.5 Å². The summed E-state index contributed by atoms with van der Waals surface area (Å²) in [5.74, 6) is 1.49. The molecular weight excluding hydrogens is 313 g/mol. The smallest absolute Gasteiger partial charge is 0.113 e. The molecule has 20 heavy (non-hydrogen) atoms. The van der Waals surface area contributed by atoms with Gasteiger partial charge >= 0.3 is 0 Å². The molecule has 0 fully saturated rings. The molecule has 0 unspecified atom stereocenters. The van der Waals surface area contributed by atoms with Crippen LogP contribution in [0.2, 0.25) is 5.02 Å². The molecule has 1 aromatic carbocycles. The molecule has 0 aliphatic carbocycles. The Morgan fingerprint density at radius 2 is 2.15 bits per heavy atom. The van der Waals surface area contributed by atoms with Crippen molar-refractivity contribution in [2.24, 2.45) is 0 Å². The Kier molecular flexibility index (Phi) is 3.96. The highest BCUT2D eigenvalue weighted by molar-refractivity contribution is 7.09. The molecule has 0 aliphatic rings. The van der Waals surface area contributed by atoms with Crippen LogP contribution in [0.25, 0.3) is 11.0 Å². The Morgan fingerprint density at radius 3 is 2.85 bits per heavy atom. The first-order valence-electron chi connectivity index (χ1n) is 6.29. The molecule has 3 aromatic rings. The van der Waals surface area contributed by atoms with Crippen LogP contribution in [0.15, 0.2) is 23.6 Å². The van der Waals surface area contributed by atoms with Crippen LogP contribution in [0, 0.1) is 6.92 Å². The van der Waals surface area contributed by atoms with Gasteiger partial charge in [-0.15, -0.1) is 22.9 Å². The van der Waals surface area contributed by atoms with Crippen molar-refractivity contribution in [1.29, 1.82) is 0 Å². The van der Waals surface area contributed by atoms with Crippen LogP contribution in [0.3, 0.4) is 0 Å². The molecule has 104 valence electrons. The minimum absolute atomic E-state index is 0.540. The molecule has 2 heterocycles. The number of hydrogen-bond donors (Lipinski definition) is 0. The Morgan fingerprint density at radius 1 is 1.30 bits per heavy atom. The second kappa shape index (κ2) is 5.72. The van der Waals surface area contributed by atoms with Crippen LogP contribution in [-0.2, 0) is 13.0 Å². The molecule has 0 spiro atoms. The van der Waals surface area contributed by atoms with Crippen LogP contribution in [0.5, 0.6) is 0 Å². The van der Waals surface area contributed by atoms with Gasteiger partial charge in [0.2, 0.25) is 0 Å². The summed E-state index contributed by atoms with van der Waals surface area (Å²) in [6, 6.07) is 5.84. The van der Waals surface area contributed by atoms with Gasteiger partial charge in [0, 0.05) is 23.4 Å². The summed E-state index contributed by atoms with van der Waals surface area (Å²) in [7, 11) is 0. The normalized spacial score (nSPS) is 11.3. The van der Waals surface area contributed by atoms with Crippen LogP contribution in [0.4, 0.5) is 0 Å². The Balaban J connectivity index is 2.11. The van der Waals surface area contributed by atoms with E-state index < -0.39 is 0 Å². The van der Waals surface area contributed by atoms with Crippen LogP contribution in [-0.4, -0.2) is 20.4 Å². The first-order chi connectivity index (χ1) is 9.69. The van der Waals surface area contributed by atoms with Gasteiger partial charge in [0.25, 0.3) is 0 Å². The van der Waals surface area contributed by atoms with E-state index in [2.05, 4.69) is 19.9 Å². The SMILES string of the molecule is Cc1csc(Cn2c(CCCl)nc3c(Cl)cccc32)n1. The van der Waals surface area contributed by atoms with Gasteiger partial charge in [-0.25, -0.2) is 9.97 Å². The number of para-hydroxylation sites is 1. The molecule has 0 saturated carbocycles. The first-order valence-corrected chi connectivity index (χ1v) is 8.09. The molecule has 0 atom stereocenters. The topological polar surface area (TPSA) is 30.7 Å². The number of aromatic nitrogens is 3. The Labute approximate surface area is 131 Å². The zero-order valence-corrected chi connectivity index (χ0v) is 13.3. The predicted molar refractivity (Wildman–Crippen MR) is 85.1 cm³/mol. The summed E-state index contributed by atoms with van der Waals surface area (Å²) in [5.41, 5.74) is 2.92. The molecule has 0 amide bonds. The number of alkyl halides is 1. The third-order valence-electron chi connectivity index (χ3n) is 3.09. The fourth-order valence-corrected chi connectivity index (χ4v) is 3.36. The maximum atomic E-state index is 6.23. The molecule has 0 bridgehead atoms. The second-order valence-electron chi connectivity index (χ2n) is 4.54. The summed E-state index contributed by atoms with van der Waals surface area (Å²) < 4.78 is 2.15. The minimum atomic E-state index is 0.540. The van der Waals surface area contributed by atoms with E-state index >= 15 is 0 Å². The highest BCUT2D eigenvalue weighted by Gasteiger charge is 2.13. The lowest BCUT2D eigenvalue weighted by atomic mass is 10.3. The predicted octanol–water partition coefficient (Wildman–Crippen LogP) is 4.28. The van der Waals surface area contributed by atoms with E-state index in [-0.39, 0.29) is 0 Å². The van der Waals surface area contributed by atoms with Gasteiger partial charge in [-0.05, 0) is 19.1 Å². The maximum absolute atomic E-state index is 6.23. The van der Waals surface area contributed by atoms with Gasteiger partial charge in [-0.1, -0.05) is 17.7 Å². The number of imidazole rings is 1. The second-order valence-corrected chi connectivity index (χ2v) is 6.27. The number of aryl methyl sites for hydroxylation is 2. The van der Waals surface area contributed by atoms with E-state index in [1.54, 1.807) is 11.3 Å². The van der Waals surface area contributed by atoms with Gasteiger partial charge in [0.1, 0.15) is 16.3 Å². The first kappa shape index (κ1) is 13.9. The van der Waals surface area contributed by atoms with Gasteiger partial charge in [0.15, 0.2) is 0 Å². The van der Waals surface area contributed by atoms with Crippen molar-refractivity contribution in [1.82, 2.24) is 14.5 Å². The number of nitrogens with zero attached hydrogens (tertiary/aromatic N) is 3. The standard InChI is InChI=1S/C14H13Cl2N3S/c1-9-8-20-13(17-9)7-19-11-4-2-3-10(16)14(11)18-12(19)5-6-15/h2-4,8H,5-7H2,1H3. The molecule has 0 N–H and O–H groups in total. The van der Waals surface area contributed by atoms with E-state index in [0.717, 1.165) is 34.0 Å². The summed E-state index contributed by atoms with van der Waals surface area (Å²) >= 11 is 13.8. The quantitative estimate of drug-likeness (QED) is 0.670. The van der Waals surface area contributed by atoms with Gasteiger partial charge < -0.3 is 4.57 Å². The highest BCUT2D eigenvalue weighted by Crippen LogP contribution is 2.25. The Bertz CT molecular complexity index is 748. The maximum Gasteiger partial charge on any atom is 0.113 e. The number of benzene rings is 1. The van der Waals surface area contributed by atoms with Gasteiger partial charge in [-0.3, -0.25) is 0 Å². The summed E-state index contributed by atoms with van der Waals surface area (Å²) in [6.45, 7) is 2.71. The van der Waals surface area contributed by atoms with Crippen molar-refractivity contribution in [2.75, 3.05) is 5.88 Å². The molecule has 2 aromatic heterocycles. The molecule has 0 radical (unpaired) electrons. The third-order valence-corrected chi connectivity index (χ3v) is 4.53. The number of fused-ring (bicyclic) bond motifs is 1. The van der Waals surface area contributed by atoms with Crippen molar-refractivity contribution in [3.05, 3.63) is 45.1 Å². The van der Waals surface area contributed by atoms with Crippen LogP contribution in [0.1, 0.15) is 16.5 Å². The number of halogens is 2. The molecule has 6 heteroatoms. The number of hydrogen-bond acceptors (Lipinski definition) is 3. The van der Waals surface area contributed by atoms with E-state index in [9.17, 15) is 0 Å². The zero-order valence-electron chi connectivity index (χ0n) is 10.9. The molecule has 3 rings (SSSR count). The average molecular weight is 326 g/mol. The van der Waals surface area contributed by atoms with E-state index in [4.69, 9.17) is 23.2 Å². The van der Waals surface area contributed by atoms with Crippen molar-refractivity contribution >= 4 is 45.6 Å². The van der Waals surface area contributed by atoms with Crippen molar-refractivity contribution in [3.8, 4) is 0 Å². The molecule has 0 saturated heterocycles. The van der Waals surface area contributed by atoms with Crippen molar-refractivity contribution in [2.45, 2.75) is 19.9 Å². The van der Waals surface area contributed by atoms with Crippen LogP contribution < -0.4 is 0 Å². The number of thiazole rings is 1. The lowest BCUT2D eigenvalue weighted by Crippen LogP contribution is -2.05. The Hall–Kier alpha value is -1.10. The summed E-state index contributed by atoms with van der Waals surface area (Å²) in [5, 5.41) is 3.80. The summed E-state index contributed by atoms with van der Waals surface area (Å²) in [4.78, 5) is 9.15.